The Morgan fingerprint density at radius 2 is 1.82 bits per heavy atom. The van der Waals surface area contributed by atoms with Gasteiger partial charge in [-0.2, -0.15) is 17.4 Å². The van der Waals surface area contributed by atoms with Gasteiger partial charge < -0.3 is 5.11 Å². The Morgan fingerprint density at radius 1 is 1.35 bits per heavy atom. The lowest BCUT2D eigenvalue weighted by Crippen LogP contribution is -2.51. The number of aliphatic carboxylic acids is 1. The van der Waals surface area contributed by atoms with Crippen LogP contribution in [0.5, 0.6) is 0 Å². The molecule has 102 valence electrons. The van der Waals surface area contributed by atoms with E-state index >= 15 is 0 Å². The average Bonchev–Trinajstić information content (AvgIpc) is 2.23. The lowest BCUT2D eigenvalue weighted by Gasteiger charge is -2.26. The van der Waals surface area contributed by atoms with Crippen molar-refractivity contribution in [2.45, 2.75) is 46.2 Å². The molecular formula is C10H22N2O4S. The summed E-state index contributed by atoms with van der Waals surface area (Å²) in [7, 11) is -2.34. The molecule has 7 heteroatoms. The van der Waals surface area contributed by atoms with Crippen LogP contribution in [0.15, 0.2) is 0 Å². The van der Waals surface area contributed by atoms with Crippen LogP contribution in [0, 0.1) is 5.92 Å². The van der Waals surface area contributed by atoms with Gasteiger partial charge in [0.1, 0.15) is 6.04 Å². The first-order valence-electron chi connectivity index (χ1n) is 5.61. The Balaban J connectivity index is 4.95. The van der Waals surface area contributed by atoms with Gasteiger partial charge in [0.25, 0.3) is 10.2 Å². The summed E-state index contributed by atoms with van der Waals surface area (Å²) in [6, 6.07) is -1.31. The van der Waals surface area contributed by atoms with Crippen molar-refractivity contribution in [1.29, 1.82) is 0 Å². The predicted octanol–water partition coefficient (Wildman–Crippen LogP) is 0.660. The summed E-state index contributed by atoms with van der Waals surface area (Å²) < 4.78 is 27.1. The van der Waals surface area contributed by atoms with E-state index in [1.165, 1.54) is 7.05 Å². The van der Waals surface area contributed by atoms with Crippen molar-refractivity contribution >= 4 is 16.2 Å². The zero-order valence-electron chi connectivity index (χ0n) is 11.0. The third-order valence-electron chi connectivity index (χ3n) is 2.86. The minimum atomic E-state index is -3.76. The fourth-order valence-electron chi connectivity index (χ4n) is 1.17. The van der Waals surface area contributed by atoms with Crippen LogP contribution in [0.4, 0.5) is 0 Å². The molecular weight excluding hydrogens is 244 g/mol. The summed E-state index contributed by atoms with van der Waals surface area (Å²) in [5, 5.41) is 9.01. The molecule has 0 aliphatic heterocycles. The largest absolute Gasteiger partial charge is 0.480 e. The highest BCUT2D eigenvalue weighted by molar-refractivity contribution is 7.87. The summed E-state index contributed by atoms with van der Waals surface area (Å²) in [5.74, 6) is -1.41. The predicted molar refractivity (Wildman–Crippen MR) is 65.8 cm³/mol. The molecule has 0 aromatic rings. The van der Waals surface area contributed by atoms with Crippen molar-refractivity contribution < 1.29 is 18.3 Å². The number of nitrogens with one attached hydrogen (secondary N) is 1. The first kappa shape index (κ1) is 16.3. The zero-order valence-corrected chi connectivity index (χ0v) is 11.8. The molecule has 0 spiro atoms. The highest BCUT2D eigenvalue weighted by Gasteiger charge is 2.31. The van der Waals surface area contributed by atoms with E-state index in [1.807, 2.05) is 6.92 Å². The Bertz CT molecular complexity index is 353. The van der Waals surface area contributed by atoms with Gasteiger partial charge in [-0.15, -0.1) is 0 Å². The molecule has 2 N–H and O–H groups in total. The standard InChI is InChI=1S/C10H22N2O4S/c1-6-8(4)9(10(13)14)11-17(15,16)12(5)7(2)3/h7-9,11H,6H2,1-5H3,(H,13,14)/t8-,9-/m0/s1. The maximum Gasteiger partial charge on any atom is 0.322 e. The molecule has 0 unspecified atom stereocenters. The number of hydrogen-bond acceptors (Lipinski definition) is 3. The monoisotopic (exact) mass is 266 g/mol. The van der Waals surface area contributed by atoms with Gasteiger partial charge in [-0.25, -0.2) is 0 Å². The van der Waals surface area contributed by atoms with E-state index in [1.54, 1.807) is 20.8 Å². The number of carboxylic acid groups (broad SMARTS) is 1. The molecule has 0 rings (SSSR count). The minimum absolute atomic E-state index is 0.223. The van der Waals surface area contributed by atoms with Gasteiger partial charge >= 0.3 is 5.97 Å². The van der Waals surface area contributed by atoms with Gasteiger partial charge in [0, 0.05) is 13.1 Å². The molecule has 0 aromatic carbocycles. The van der Waals surface area contributed by atoms with Crippen molar-refractivity contribution in [3.63, 3.8) is 0 Å². The maximum atomic E-state index is 11.9. The van der Waals surface area contributed by atoms with E-state index in [0.717, 1.165) is 4.31 Å². The summed E-state index contributed by atoms with van der Waals surface area (Å²) in [6.07, 6.45) is 0.588. The van der Waals surface area contributed by atoms with E-state index in [9.17, 15) is 13.2 Å². The van der Waals surface area contributed by atoms with Crippen LogP contribution in [-0.2, 0) is 15.0 Å². The molecule has 0 aromatic heterocycles. The smallest absolute Gasteiger partial charge is 0.322 e. The van der Waals surface area contributed by atoms with Crippen LogP contribution in [0.25, 0.3) is 0 Å². The quantitative estimate of drug-likeness (QED) is 0.708. The van der Waals surface area contributed by atoms with Crippen LogP contribution in [-0.4, -0.2) is 42.9 Å². The number of rotatable bonds is 7. The van der Waals surface area contributed by atoms with E-state index in [2.05, 4.69) is 4.72 Å². The Morgan fingerprint density at radius 3 is 2.12 bits per heavy atom. The molecule has 0 aliphatic rings. The first-order chi connectivity index (χ1) is 7.63. The number of hydrogen-bond donors (Lipinski definition) is 2. The van der Waals surface area contributed by atoms with Gasteiger partial charge in [0.15, 0.2) is 0 Å². The van der Waals surface area contributed by atoms with Gasteiger partial charge in [-0.1, -0.05) is 20.3 Å². The maximum absolute atomic E-state index is 11.9. The van der Waals surface area contributed by atoms with Crippen molar-refractivity contribution in [2.75, 3.05) is 7.05 Å². The highest BCUT2D eigenvalue weighted by atomic mass is 32.2. The van der Waals surface area contributed by atoms with Crippen molar-refractivity contribution in [2.24, 2.45) is 5.92 Å². The third kappa shape index (κ3) is 4.61. The summed E-state index contributed by atoms with van der Waals surface area (Å²) >= 11 is 0. The van der Waals surface area contributed by atoms with E-state index in [0.29, 0.717) is 6.42 Å². The lowest BCUT2D eigenvalue weighted by molar-refractivity contribution is -0.140. The second-order valence-corrected chi connectivity index (χ2v) is 6.20. The molecule has 0 bridgehead atoms. The van der Waals surface area contributed by atoms with E-state index < -0.39 is 22.2 Å². The van der Waals surface area contributed by atoms with Crippen LogP contribution in [0.3, 0.4) is 0 Å². The number of carbonyl (C=O) groups is 1. The van der Waals surface area contributed by atoms with Gasteiger partial charge in [-0.3, -0.25) is 4.79 Å². The van der Waals surface area contributed by atoms with Crippen LogP contribution < -0.4 is 4.72 Å². The second kappa shape index (κ2) is 6.32. The van der Waals surface area contributed by atoms with Crippen LogP contribution in [0.2, 0.25) is 0 Å². The molecule has 0 aliphatic carbocycles. The highest BCUT2D eigenvalue weighted by Crippen LogP contribution is 2.11. The summed E-state index contributed by atoms with van der Waals surface area (Å²) in [6.45, 7) is 6.97. The Labute approximate surface area is 103 Å². The van der Waals surface area contributed by atoms with Gasteiger partial charge in [0.05, 0.1) is 0 Å². The SMILES string of the molecule is CC[C@H](C)[C@H](NS(=O)(=O)N(C)C(C)C)C(=O)O. The zero-order chi connectivity index (χ0) is 13.8. The summed E-state index contributed by atoms with van der Waals surface area (Å²) in [4.78, 5) is 11.0. The minimum Gasteiger partial charge on any atom is -0.480 e. The molecule has 0 radical (unpaired) electrons. The van der Waals surface area contributed by atoms with Crippen molar-refractivity contribution in [3.8, 4) is 0 Å². The number of nitrogens with zero attached hydrogens (tertiary/aromatic N) is 1. The fourth-order valence-corrected chi connectivity index (χ4v) is 2.54. The van der Waals surface area contributed by atoms with E-state index in [4.69, 9.17) is 5.11 Å². The molecule has 0 amide bonds. The van der Waals surface area contributed by atoms with Crippen LogP contribution >= 0.6 is 0 Å². The molecule has 2 atom stereocenters. The molecule has 0 fully saturated rings. The normalized spacial score (nSPS) is 16.2. The molecule has 0 saturated carbocycles. The fraction of sp³-hybridized carbons (Fsp3) is 0.900. The topological polar surface area (TPSA) is 86.7 Å². The molecule has 0 heterocycles. The van der Waals surface area contributed by atoms with Gasteiger partial charge in [0.2, 0.25) is 0 Å². The van der Waals surface area contributed by atoms with Crippen molar-refractivity contribution in [1.82, 2.24) is 9.03 Å². The molecule has 0 saturated heterocycles. The lowest BCUT2D eigenvalue weighted by atomic mass is 10.0. The van der Waals surface area contributed by atoms with Crippen molar-refractivity contribution in [3.05, 3.63) is 0 Å². The Hall–Kier alpha value is -0.660. The average molecular weight is 266 g/mol. The number of carboxylic acids is 1. The second-order valence-electron chi connectivity index (χ2n) is 4.43. The van der Waals surface area contributed by atoms with Gasteiger partial charge in [-0.05, 0) is 19.8 Å². The third-order valence-corrected chi connectivity index (χ3v) is 4.59. The van der Waals surface area contributed by atoms with E-state index in [-0.39, 0.29) is 12.0 Å². The Kier molecular flexibility index (Phi) is 6.08. The summed E-state index contributed by atoms with van der Waals surface area (Å²) in [5.41, 5.74) is 0. The van der Waals surface area contributed by atoms with Crippen LogP contribution in [0.1, 0.15) is 34.1 Å². The first-order valence-corrected chi connectivity index (χ1v) is 7.05. The molecule has 6 nitrogen and oxygen atoms in total. The molecule has 17 heavy (non-hydrogen) atoms.